The van der Waals surface area contributed by atoms with Crippen molar-refractivity contribution in [1.29, 1.82) is 0 Å². The Morgan fingerprint density at radius 2 is 2.14 bits per heavy atom. The first-order valence-corrected chi connectivity index (χ1v) is 8.08. The molecular weight excluding hydrogens is 352 g/mol. The molecule has 0 radical (unpaired) electrons. The summed E-state index contributed by atoms with van der Waals surface area (Å²) in [7, 11) is 0. The van der Waals surface area contributed by atoms with Gasteiger partial charge >= 0.3 is 0 Å². The summed E-state index contributed by atoms with van der Waals surface area (Å²) in [5.74, 6) is 0.468. The predicted octanol–water partition coefficient (Wildman–Crippen LogP) is 4.58. The number of hydrogen-bond acceptors (Lipinski definition) is 3. The van der Waals surface area contributed by atoms with E-state index in [9.17, 15) is 0 Å². The summed E-state index contributed by atoms with van der Waals surface area (Å²) in [4.78, 5) is 4.29. The molecule has 0 atom stereocenters. The number of nitrogens with zero attached hydrogens (tertiary/aromatic N) is 1. The van der Waals surface area contributed by atoms with Crippen molar-refractivity contribution < 1.29 is 4.74 Å². The van der Waals surface area contributed by atoms with E-state index in [0.29, 0.717) is 17.5 Å². The number of pyridine rings is 1. The van der Waals surface area contributed by atoms with Gasteiger partial charge in [-0.1, -0.05) is 46.6 Å². The van der Waals surface area contributed by atoms with Crippen LogP contribution in [0.25, 0.3) is 0 Å². The zero-order valence-corrected chi connectivity index (χ0v) is 14.2. The summed E-state index contributed by atoms with van der Waals surface area (Å²) < 4.78 is 6.70. The minimum absolute atomic E-state index is 0.444. The lowest BCUT2D eigenvalue weighted by Gasteiger charge is -2.09. The van der Waals surface area contributed by atoms with Gasteiger partial charge in [0.05, 0.1) is 0 Å². The zero-order chi connectivity index (χ0) is 15.1. The fraction of sp³-hybridized carbons (Fsp3) is 0.312. The topological polar surface area (TPSA) is 34.2 Å². The van der Waals surface area contributed by atoms with Gasteiger partial charge in [0.25, 0.3) is 0 Å². The Morgan fingerprint density at radius 1 is 1.29 bits per heavy atom. The van der Waals surface area contributed by atoms with Crippen LogP contribution >= 0.6 is 27.5 Å². The summed E-state index contributed by atoms with van der Waals surface area (Å²) in [5.41, 5.74) is 2.12. The highest BCUT2D eigenvalue weighted by atomic mass is 79.9. The van der Waals surface area contributed by atoms with Crippen LogP contribution in [0.15, 0.2) is 41.0 Å². The monoisotopic (exact) mass is 368 g/mol. The van der Waals surface area contributed by atoms with E-state index >= 15 is 0 Å². The molecule has 0 amide bonds. The van der Waals surface area contributed by atoms with E-state index in [4.69, 9.17) is 16.3 Å². The van der Waals surface area contributed by atoms with Crippen molar-refractivity contribution in [1.82, 2.24) is 10.3 Å². The number of benzene rings is 1. The third kappa shape index (κ3) is 5.30. The molecule has 0 unspecified atom stereocenters. The highest BCUT2D eigenvalue weighted by Gasteiger charge is 2.05. The van der Waals surface area contributed by atoms with E-state index in [1.165, 1.54) is 0 Å². The fourth-order valence-corrected chi connectivity index (χ4v) is 2.55. The molecule has 2 aromatic rings. The Bertz CT molecular complexity index is 592. The molecule has 0 saturated heterocycles. The van der Waals surface area contributed by atoms with Crippen LogP contribution in [0.5, 0.6) is 5.88 Å². The van der Waals surface area contributed by atoms with Crippen LogP contribution in [0.4, 0.5) is 0 Å². The molecule has 21 heavy (non-hydrogen) atoms. The average molecular weight is 370 g/mol. The van der Waals surface area contributed by atoms with Gasteiger partial charge in [0, 0.05) is 17.2 Å². The molecule has 1 aromatic heterocycles. The number of hydrogen-bond donors (Lipinski definition) is 1. The van der Waals surface area contributed by atoms with Crippen LogP contribution in [-0.2, 0) is 13.2 Å². The van der Waals surface area contributed by atoms with Crippen molar-refractivity contribution in [2.75, 3.05) is 6.54 Å². The fourth-order valence-electron chi connectivity index (χ4n) is 1.86. The smallest absolute Gasteiger partial charge is 0.232 e. The molecule has 0 fully saturated rings. The first-order valence-electron chi connectivity index (χ1n) is 6.91. The van der Waals surface area contributed by atoms with Crippen LogP contribution in [0, 0.1) is 0 Å². The highest BCUT2D eigenvalue weighted by Crippen LogP contribution is 2.23. The van der Waals surface area contributed by atoms with Gasteiger partial charge in [-0.2, -0.15) is 0 Å². The van der Waals surface area contributed by atoms with Gasteiger partial charge in [-0.15, -0.1) is 0 Å². The molecule has 0 aliphatic carbocycles. The van der Waals surface area contributed by atoms with Crippen molar-refractivity contribution in [2.45, 2.75) is 26.5 Å². The maximum Gasteiger partial charge on any atom is 0.232 e. The second-order valence-corrected chi connectivity index (χ2v) is 6.05. The molecule has 5 heteroatoms. The van der Waals surface area contributed by atoms with Crippen molar-refractivity contribution in [3.8, 4) is 5.88 Å². The van der Waals surface area contributed by atoms with E-state index in [0.717, 1.165) is 35.1 Å². The maximum absolute atomic E-state index is 6.22. The Hall–Kier alpha value is -1.10. The molecule has 0 bridgehead atoms. The predicted molar refractivity (Wildman–Crippen MR) is 89.7 cm³/mol. The van der Waals surface area contributed by atoms with Crippen molar-refractivity contribution in [3.05, 3.63) is 57.2 Å². The molecule has 1 N–H and O–H groups in total. The quantitative estimate of drug-likeness (QED) is 0.726. The molecule has 1 heterocycles. The van der Waals surface area contributed by atoms with Crippen LogP contribution in [0.1, 0.15) is 24.5 Å². The van der Waals surface area contributed by atoms with Gasteiger partial charge in [-0.05, 0) is 42.3 Å². The molecule has 0 aliphatic rings. The molecule has 2 rings (SSSR count). The Kier molecular flexibility index (Phi) is 6.49. The number of rotatable bonds is 7. The minimum Gasteiger partial charge on any atom is -0.472 e. The summed E-state index contributed by atoms with van der Waals surface area (Å²) in [6.07, 6.45) is 2.90. The normalized spacial score (nSPS) is 10.6. The van der Waals surface area contributed by atoms with Crippen LogP contribution in [-0.4, -0.2) is 11.5 Å². The van der Waals surface area contributed by atoms with E-state index in [2.05, 4.69) is 33.2 Å². The molecule has 0 saturated carbocycles. The van der Waals surface area contributed by atoms with Crippen molar-refractivity contribution >= 4 is 27.5 Å². The van der Waals surface area contributed by atoms with Crippen molar-refractivity contribution in [3.63, 3.8) is 0 Å². The molecule has 1 aromatic carbocycles. The summed E-state index contributed by atoms with van der Waals surface area (Å²) in [6.45, 7) is 4.34. The van der Waals surface area contributed by atoms with Gasteiger partial charge in [0.2, 0.25) is 5.88 Å². The largest absolute Gasteiger partial charge is 0.472 e. The Morgan fingerprint density at radius 3 is 2.86 bits per heavy atom. The lowest BCUT2D eigenvalue weighted by molar-refractivity contribution is 0.294. The first kappa shape index (κ1) is 16.3. The Labute approximate surface area is 138 Å². The van der Waals surface area contributed by atoms with Gasteiger partial charge in [-0.3, -0.25) is 0 Å². The Balaban J connectivity index is 1.94. The molecule has 3 nitrogen and oxygen atoms in total. The van der Waals surface area contributed by atoms with Gasteiger partial charge in [0.15, 0.2) is 0 Å². The average Bonchev–Trinajstić information content (AvgIpc) is 2.47. The van der Waals surface area contributed by atoms with Crippen LogP contribution in [0.3, 0.4) is 0 Å². The summed E-state index contributed by atoms with van der Waals surface area (Å²) >= 11 is 9.65. The second-order valence-electron chi connectivity index (χ2n) is 4.73. The van der Waals surface area contributed by atoms with Gasteiger partial charge in [-0.25, -0.2) is 4.98 Å². The molecule has 0 aliphatic heterocycles. The lowest BCUT2D eigenvalue weighted by atomic mass is 10.2. The standard InChI is InChI=1S/C16H18BrClN2O/c1-2-6-19-9-13-8-15(18)16(20-10-13)21-11-12-4-3-5-14(17)7-12/h3-5,7-8,10,19H,2,6,9,11H2,1H3. The highest BCUT2D eigenvalue weighted by molar-refractivity contribution is 9.10. The lowest BCUT2D eigenvalue weighted by Crippen LogP contribution is -2.14. The van der Waals surface area contributed by atoms with E-state index < -0.39 is 0 Å². The third-order valence-corrected chi connectivity index (χ3v) is 3.65. The summed E-state index contributed by atoms with van der Waals surface area (Å²) in [6, 6.07) is 9.86. The summed E-state index contributed by atoms with van der Waals surface area (Å²) in [5, 5.41) is 3.86. The number of nitrogens with one attached hydrogen (secondary N) is 1. The van der Waals surface area contributed by atoms with E-state index in [-0.39, 0.29) is 0 Å². The van der Waals surface area contributed by atoms with Crippen molar-refractivity contribution in [2.24, 2.45) is 0 Å². The zero-order valence-electron chi connectivity index (χ0n) is 11.9. The SMILES string of the molecule is CCCNCc1cnc(OCc2cccc(Br)c2)c(Cl)c1. The number of aromatic nitrogens is 1. The second kappa shape index (κ2) is 8.37. The molecular formula is C16H18BrClN2O. The molecule has 0 spiro atoms. The third-order valence-electron chi connectivity index (χ3n) is 2.88. The van der Waals surface area contributed by atoms with Gasteiger partial charge in [0.1, 0.15) is 11.6 Å². The number of halogens is 2. The minimum atomic E-state index is 0.444. The number of ether oxygens (including phenoxy) is 1. The first-order chi connectivity index (χ1) is 10.2. The maximum atomic E-state index is 6.22. The van der Waals surface area contributed by atoms with E-state index in [1.54, 1.807) is 6.20 Å². The van der Waals surface area contributed by atoms with Crippen LogP contribution < -0.4 is 10.1 Å². The van der Waals surface area contributed by atoms with Crippen LogP contribution in [0.2, 0.25) is 5.02 Å². The van der Waals surface area contributed by atoms with E-state index in [1.807, 2.05) is 30.3 Å². The van der Waals surface area contributed by atoms with Gasteiger partial charge < -0.3 is 10.1 Å². The molecule has 112 valence electrons.